The van der Waals surface area contributed by atoms with E-state index < -0.39 is 17.0 Å². The third-order valence-corrected chi connectivity index (χ3v) is 5.05. The van der Waals surface area contributed by atoms with Crippen molar-refractivity contribution >= 4 is 35.0 Å². The normalized spacial score (nSPS) is 18.1. The molecular weight excluding hydrogens is 328 g/mol. The predicted octanol–water partition coefficient (Wildman–Crippen LogP) is 4.71. The SMILES string of the molecule is Cc1ccc(N2C(=O)CS[C@@H]2c2c(F)cccc2Cl)cc1F. The highest BCUT2D eigenvalue weighted by Crippen LogP contribution is 2.45. The number of hydrogen-bond acceptors (Lipinski definition) is 2. The van der Waals surface area contributed by atoms with Gasteiger partial charge in [0.25, 0.3) is 0 Å². The second kappa shape index (κ2) is 5.89. The highest BCUT2D eigenvalue weighted by Gasteiger charge is 2.37. The van der Waals surface area contributed by atoms with Crippen LogP contribution in [0, 0.1) is 18.6 Å². The molecule has 0 spiro atoms. The molecule has 0 aliphatic carbocycles. The summed E-state index contributed by atoms with van der Waals surface area (Å²) < 4.78 is 28.0. The van der Waals surface area contributed by atoms with Crippen LogP contribution in [0.15, 0.2) is 36.4 Å². The summed E-state index contributed by atoms with van der Waals surface area (Å²) >= 11 is 7.38. The van der Waals surface area contributed by atoms with Crippen molar-refractivity contribution in [1.29, 1.82) is 0 Å². The molecule has 1 heterocycles. The summed E-state index contributed by atoms with van der Waals surface area (Å²) in [6.07, 6.45) is 0. The van der Waals surface area contributed by atoms with E-state index in [1.807, 2.05) is 0 Å². The van der Waals surface area contributed by atoms with E-state index in [0.717, 1.165) is 0 Å². The van der Waals surface area contributed by atoms with Crippen LogP contribution < -0.4 is 4.90 Å². The standard InChI is InChI=1S/C16H12ClF2NOS/c1-9-5-6-10(7-13(9)19)20-14(21)8-22-16(20)15-11(17)3-2-4-12(15)18/h2-7,16H,8H2,1H3/t16-/m1/s1. The Kier molecular flexibility index (Phi) is 4.10. The van der Waals surface area contributed by atoms with Crippen LogP contribution in [0.2, 0.25) is 5.02 Å². The Morgan fingerprint density at radius 1 is 1.23 bits per heavy atom. The number of benzene rings is 2. The molecule has 114 valence electrons. The third kappa shape index (κ3) is 2.59. The van der Waals surface area contributed by atoms with Crippen molar-refractivity contribution in [3.05, 3.63) is 64.2 Å². The van der Waals surface area contributed by atoms with Crippen LogP contribution in [-0.4, -0.2) is 11.7 Å². The first-order chi connectivity index (χ1) is 10.5. The fraction of sp³-hybridized carbons (Fsp3) is 0.188. The summed E-state index contributed by atoms with van der Waals surface area (Å²) in [5.41, 5.74) is 1.15. The van der Waals surface area contributed by atoms with E-state index in [1.54, 1.807) is 25.1 Å². The summed E-state index contributed by atoms with van der Waals surface area (Å²) in [7, 11) is 0. The number of amides is 1. The Morgan fingerprint density at radius 3 is 2.68 bits per heavy atom. The van der Waals surface area contributed by atoms with Crippen molar-refractivity contribution in [1.82, 2.24) is 0 Å². The third-order valence-electron chi connectivity index (χ3n) is 3.55. The average molecular weight is 340 g/mol. The minimum Gasteiger partial charge on any atom is -0.295 e. The van der Waals surface area contributed by atoms with Gasteiger partial charge in [0.05, 0.1) is 5.75 Å². The van der Waals surface area contributed by atoms with E-state index in [9.17, 15) is 13.6 Å². The molecule has 3 rings (SSSR count). The molecule has 1 aliphatic rings. The molecule has 0 radical (unpaired) electrons. The Bertz CT molecular complexity index is 733. The zero-order valence-electron chi connectivity index (χ0n) is 11.6. The maximum atomic E-state index is 14.2. The smallest absolute Gasteiger partial charge is 0.238 e. The van der Waals surface area contributed by atoms with Gasteiger partial charge >= 0.3 is 0 Å². The van der Waals surface area contributed by atoms with Crippen LogP contribution >= 0.6 is 23.4 Å². The number of nitrogens with zero attached hydrogens (tertiary/aromatic N) is 1. The van der Waals surface area contributed by atoms with Gasteiger partial charge in [-0.1, -0.05) is 23.7 Å². The summed E-state index contributed by atoms with van der Waals surface area (Å²) in [4.78, 5) is 13.6. The molecule has 1 aliphatic heterocycles. The van der Waals surface area contributed by atoms with Gasteiger partial charge in [0.1, 0.15) is 17.0 Å². The molecule has 1 fully saturated rings. The summed E-state index contributed by atoms with van der Waals surface area (Å²) in [5.74, 6) is -0.874. The fourth-order valence-corrected chi connectivity index (χ4v) is 3.96. The van der Waals surface area contributed by atoms with Crippen LogP contribution in [0.25, 0.3) is 0 Å². The molecule has 0 unspecified atom stereocenters. The highest BCUT2D eigenvalue weighted by atomic mass is 35.5. The summed E-state index contributed by atoms with van der Waals surface area (Å²) in [6.45, 7) is 1.64. The lowest BCUT2D eigenvalue weighted by molar-refractivity contribution is -0.115. The molecule has 6 heteroatoms. The van der Waals surface area contributed by atoms with E-state index in [2.05, 4.69) is 0 Å². The molecule has 0 bridgehead atoms. The highest BCUT2D eigenvalue weighted by molar-refractivity contribution is 8.00. The van der Waals surface area contributed by atoms with Crippen molar-refractivity contribution in [2.24, 2.45) is 0 Å². The van der Waals surface area contributed by atoms with Gasteiger partial charge in [0, 0.05) is 16.3 Å². The Balaban J connectivity index is 2.08. The summed E-state index contributed by atoms with van der Waals surface area (Å²) in [6, 6.07) is 8.94. The lowest BCUT2D eigenvalue weighted by atomic mass is 10.1. The van der Waals surface area contributed by atoms with E-state index in [-0.39, 0.29) is 22.2 Å². The lowest BCUT2D eigenvalue weighted by Crippen LogP contribution is -2.28. The summed E-state index contributed by atoms with van der Waals surface area (Å²) in [5, 5.41) is -0.340. The predicted molar refractivity (Wildman–Crippen MR) is 85.2 cm³/mol. The molecule has 1 atom stereocenters. The minimum atomic E-state index is -0.594. The number of anilines is 1. The number of carbonyl (C=O) groups is 1. The van der Waals surface area contributed by atoms with Gasteiger partial charge in [-0.2, -0.15) is 0 Å². The molecule has 1 saturated heterocycles. The van der Waals surface area contributed by atoms with Gasteiger partial charge < -0.3 is 0 Å². The minimum absolute atomic E-state index is 0.197. The fourth-order valence-electron chi connectivity index (χ4n) is 2.40. The zero-order valence-corrected chi connectivity index (χ0v) is 13.2. The number of halogens is 3. The molecule has 22 heavy (non-hydrogen) atoms. The maximum absolute atomic E-state index is 14.2. The van der Waals surface area contributed by atoms with Crippen LogP contribution in [0.5, 0.6) is 0 Å². The molecule has 1 amide bonds. The van der Waals surface area contributed by atoms with E-state index in [0.29, 0.717) is 11.3 Å². The van der Waals surface area contributed by atoms with Gasteiger partial charge in [0.15, 0.2) is 0 Å². The lowest BCUT2D eigenvalue weighted by Gasteiger charge is -2.25. The van der Waals surface area contributed by atoms with E-state index in [4.69, 9.17) is 11.6 Å². The van der Waals surface area contributed by atoms with Crippen LogP contribution in [0.1, 0.15) is 16.5 Å². The molecule has 2 aromatic carbocycles. The largest absolute Gasteiger partial charge is 0.295 e. The Labute approximate surface area is 136 Å². The monoisotopic (exact) mass is 339 g/mol. The second-order valence-corrected chi connectivity index (χ2v) is 6.47. The van der Waals surface area contributed by atoms with Crippen LogP contribution in [0.4, 0.5) is 14.5 Å². The molecule has 0 N–H and O–H groups in total. The molecule has 0 saturated carbocycles. The first-order valence-corrected chi connectivity index (χ1v) is 8.05. The van der Waals surface area contributed by atoms with Gasteiger partial charge in [-0.05, 0) is 36.8 Å². The van der Waals surface area contributed by atoms with Crippen LogP contribution in [0.3, 0.4) is 0 Å². The maximum Gasteiger partial charge on any atom is 0.238 e. The number of rotatable bonds is 2. The van der Waals surface area contributed by atoms with Crippen molar-refractivity contribution in [3.8, 4) is 0 Å². The van der Waals surface area contributed by atoms with Crippen LogP contribution in [-0.2, 0) is 4.79 Å². The Hall–Kier alpha value is -1.59. The number of hydrogen-bond donors (Lipinski definition) is 0. The van der Waals surface area contributed by atoms with Gasteiger partial charge in [-0.3, -0.25) is 9.69 Å². The molecule has 0 aromatic heterocycles. The molecule has 2 aromatic rings. The first-order valence-electron chi connectivity index (χ1n) is 6.63. The number of carbonyl (C=O) groups excluding carboxylic acids is 1. The second-order valence-electron chi connectivity index (χ2n) is 5.00. The van der Waals surface area contributed by atoms with E-state index in [1.165, 1.54) is 34.9 Å². The van der Waals surface area contributed by atoms with E-state index >= 15 is 0 Å². The molecular formula is C16H12ClF2NOS. The topological polar surface area (TPSA) is 20.3 Å². The van der Waals surface area contributed by atoms with Crippen molar-refractivity contribution in [2.75, 3.05) is 10.7 Å². The van der Waals surface area contributed by atoms with Gasteiger partial charge in [0.2, 0.25) is 5.91 Å². The average Bonchev–Trinajstić information content (AvgIpc) is 2.84. The van der Waals surface area contributed by atoms with Gasteiger partial charge in [-0.15, -0.1) is 11.8 Å². The number of aryl methyl sites for hydroxylation is 1. The van der Waals surface area contributed by atoms with Gasteiger partial charge in [-0.25, -0.2) is 8.78 Å². The zero-order chi connectivity index (χ0) is 15.9. The van der Waals surface area contributed by atoms with Crippen molar-refractivity contribution in [2.45, 2.75) is 12.3 Å². The first kappa shape index (κ1) is 15.3. The molecule has 2 nitrogen and oxygen atoms in total. The quantitative estimate of drug-likeness (QED) is 0.790. The Morgan fingerprint density at radius 2 is 2.00 bits per heavy atom. The number of thioether (sulfide) groups is 1. The van der Waals surface area contributed by atoms with Crippen molar-refractivity contribution < 1.29 is 13.6 Å². The van der Waals surface area contributed by atoms with Crippen molar-refractivity contribution in [3.63, 3.8) is 0 Å².